The molecule has 1 atom stereocenters. The first-order chi connectivity index (χ1) is 11.0. The van der Waals surface area contributed by atoms with Crippen molar-refractivity contribution in [2.24, 2.45) is 5.92 Å². The average molecular weight is 321 g/mol. The Morgan fingerprint density at radius 1 is 1.43 bits per heavy atom. The number of aliphatic hydroxyl groups excluding tert-OH is 1. The minimum absolute atomic E-state index is 0.0250. The zero-order valence-corrected chi connectivity index (χ0v) is 13.3. The number of hydrogen-bond acceptors (Lipinski definition) is 5. The molecule has 1 fully saturated rings. The molecule has 0 radical (unpaired) electrons. The molecule has 0 aliphatic carbocycles. The van der Waals surface area contributed by atoms with Gasteiger partial charge in [-0.15, -0.1) is 0 Å². The number of anilines is 1. The van der Waals surface area contributed by atoms with Crippen LogP contribution in [0.1, 0.15) is 36.5 Å². The molecule has 7 heteroatoms. The first-order valence-corrected chi connectivity index (χ1v) is 7.95. The number of hydrogen-bond donors (Lipinski definition) is 2. The highest BCUT2D eigenvalue weighted by Crippen LogP contribution is 2.31. The van der Waals surface area contributed by atoms with Gasteiger partial charge in [-0.1, -0.05) is 6.92 Å². The lowest BCUT2D eigenvalue weighted by molar-refractivity contribution is -0.384. The van der Waals surface area contributed by atoms with E-state index in [4.69, 9.17) is 5.11 Å². The van der Waals surface area contributed by atoms with Gasteiger partial charge in [-0.2, -0.15) is 0 Å². The van der Waals surface area contributed by atoms with Crippen LogP contribution in [0.3, 0.4) is 0 Å². The maximum Gasteiger partial charge on any atom is 0.293 e. The predicted octanol–water partition coefficient (Wildman–Crippen LogP) is 1.94. The first kappa shape index (κ1) is 17.2. The van der Waals surface area contributed by atoms with Crippen LogP contribution in [0.4, 0.5) is 11.4 Å². The molecule has 1 saturated heterocycles. The molecule has 0 spiro atoms. The number of nitrogens with zero attached hydrogens (tertiary/aromatic N) is 2. The summed E-state index contributed by atoms with van der Waals surface area (Å²) >= 11 is 0. The van der Waals surface area contributed by atoms with Gasteiger partial charge >= 0.3 is 0 Å². The summed E-state index contributed by atoms with van der Waals surface area (Å²) < 4.78 is 0. The molecule has 23 heavy (non-hydrogen) atoms. The Hall–Kier alpha value is -2.15. The van der Waals surface area contributed by atoms with E-state index in [1.165, 1.54) is 6.07 Å². The fourth-order valence-electron chi connectivity index (χ4n) is 2.73. The number of carbonyl (C=O) groups excluding carboxylic acids is 1. The van der Waals surface area contributed by atoms with E-state index in [-0.39, 0.29) is 29.7 Å². The van der Waals surface area contributed by atoms with Crippen LogP contribution in [0.5, 0.6) is 0 Å². The largest absolute Gasteiger partial charge is 0.396 e. The molecular weight excluding hydrogens is 298 g/mol. The molecule has 126 valence electrons. The van der Waals surface area contributed by atoms with Gasteiger partial charge in [0, 0.05) is 37.9 Å². The minimum Gasteiger partial charge on any atom is -0.396 e. The number of aliphatic hydroxyl groups is 1. The fraction of sp³-hybridized carbons (Fsp3) is 0.562. The van der Waals surface area contributed by atoms with E-state index in [0.717, 1.165) is 25.9 Å². The monoisotopic (exact) mass is 321 g/mol. The second-order valence-corrected chi connectivity index (χ2v) is 5.98. The van der Waals surface area contributed by atoms with E-state index >= 15 is 0 Å². The third-order valence-corrected chi connectivity index (χ3v) is 4.11. The van der Waals surface area contributed by atoms with Crippen LogP contribution >= 0.6 is 0 Å². The Labute approximate surface area is 135 Å². The summed E-state index contributed by atoms with van der Waals surface area (Å²) in [6.45, 7) is 4.06. The van der Waals surface area contributed by atoms with Crippen molar-refractivity contribution in [1.82, 2.24) is 5.32 Å². The molecule has 1 aromatic carbocycles. The smallest absolute Gasteiger partial charge is 0.293 e. The Bertz CT molecular complexity index is 570. The van der Waals surface area contributed by atoms with E-state index in [2.05, 4.69) is 5.32 Å². The maximum atomic E-state index is 12.2. The molecule has 0 aromatic heterocycles. The fourth-order valence-corrected chi connectivity index (χ4v) is 2.73. The van der Waals surface area contributed by atoms with Gasteiger partial charge in [-0.25, -0.2) is 0 Å². The van der Waals surface area contributed by atoms with Crippen molar-refractivity contribution in [1.29, 1.82) is 0 Å². The highest BCUT2D eigenvalue weighted by Gasteiger charge is 2.23. The maximum absolute atomic E-state index is 12.2. The van der Waals surface area contributed by atoms with Crippen LogP contribution in [-0.4, -0.2) is 42.2 Å². The molecular formula is C16H23N3O4. The number of amides is 1. The summed E-state index contributed by atoms with van der Waals surface area (Å²) in [6.07, 6.45) is 2.67. The number of carbonyl (C=O) groups is 1. The summed E-state index contributed by atoms with van der Waals surface area (Å²) in [6, 6.07) is 4.64. The van der Waals surface area contributed by atoms with Crippen molar-refractivity contribution < 1.29 is 14.8 Å². The zero-order chi connectivity index (χ0) is 16.8. The molecule has 1 unspecified atom stereocenters. The number of rotatable bonds is 7. The first-order valence-electron chi connectivity index (χ1n) is 7.95. The topological polar surface area (TPSA) is 95.7 Å². The Balaban J connectivity index is 2.12. The lowest BCUT2D eigenvalue weighted by Gasteiger charge is -2.18. The van der Waals surface area contributed by atoms with E-state index in [1.807, 2.05) is 11.8 Å². The molecule has 1 aromatic rings. The molecule has 0 saturated carbocycles. The lowest BCUT2D eigenvalue weighted by atomic mass is 10.1. The van der Waals surface area contributed by atoms with Crippen LogP contribution < -0.4 is 10.2 Å². The van der Waals surface area contributed by atoms with Gasteiger partial charge in [-0.05, 0) is 37.3 Å². The summed E-state index contributed by atoms with van der Waals surface area (Å²) in [4.78, 5) is 25.0. The molecule has 1 aliphatic rings. The average Bonchev–Trinajstić information content (AvgIpc) is 3.06. The van der Waals surface area contributed by atoms with E-state index in [1.54, 1.807) is 12.1 Å². The molecule has 2 N–H and O–H groups in total. The van der Waals surface area contributed by atoms with Crippen LogP contribution in [0.2, 0.25) is 0 Å². The van der Waals surface area contributed by atoms with Crippen molar-refractivity contribution >= 4 is 17.3 Å². The number of benzene rings is 1. The van der Waals surface area contributed by atoms with Crippen LogP contribution in [0.15, 0.2) is 18.2 Å². The van der Waals surface area contributed by atoms with Gasteiger partial charge in [0.05, 0.1) is 4.92 Å². The normalized spacial score (nSPS) is 15.5. The van der Waals surface area contributed by atoms with Crippen molar-refractivity contribution in [2.75, 3.05) is 31.1 Å². The number of nitro benzene ring substituents is 1. The molecule has 1 amide bonds. The van der Waals surface area contributed by atoms with Gasteiger partial charge in [0.1, 0.15) is 5.69 Å². The van der Waals surface area contributed by atoms with Gasteiger partial charge in [0.15, 0.2) is 0 Å². The standard InChI is InChI=1S/C16H23N3O4/c1-12(6-9-20)11-17-16(21)13-4-5-14(15(10-13)19(22)23)18-7-2-3-8-18/h4-5,10,12,20H,2-3,6-9,11H2,1H3,(H,17,21). The number of nitrogens with one attached hydrogen (secondary N) is 1. The summed E-state index contributed by atoms with van der Waals surface area (Å²) in [5.74, 6) is -0.173. The van der Waals surface area contributed by atoms with Crippen molar-refractivity contribution in [3.05, 3.63) is 33.9 Å². The highest BCUT2D eigenvalue weighted by atomic mass is 16.6. The second-order valence-electron chi connectivity index (χ2n) is 5.98. The quantitative estimate of drug-likeness (QED) is 0.591. The Kier molecular flexibility index (Phi) is 5.92. The summed E-state index contributed by atoms with van der Waals surface area (Å²) in [5.41, 5.74) is 0.844. The molecule has 1 aliphatic heterocycles. The van der Waals surface area contributed by atoms with Crippen LogP contribution in [-0.2, 0) is 0 Å². The minimum atomic E-state index is -0.432. The molecule has 7 nitrogen and oxygen atoms in total. The molecule has 0 bridgehead atoms. The summed E-state index contributed by atoms with van der Waals surface area (Å²) in [5, 5.41) is 22.9. The van der Waals surface area contributed by atoms with Crippen LogP contribution in [0, 0.1) is 16.0 Å². The van der Waals surface area contributed by atoms with E-state index in [9.17, 15) is 14.9 Å². The van der Waals surface area contributed by atoms with Gasteiger partial charge in [0.25, 0.3) is 11.6 Å². The van der Waals surface area contributed by atoms with Crippen LogP contribution in [0.25, 0.3) is 0 Å². The Morgan fingerprint density at radius 3 is 2.74 bits per heavy atom. The lowest BCUT2D eigenvalue weighted by Crippen LogP contribution is -2.29. The third kappa shape index (κ3) is 4.41. The van der Waals surface area contributed by atoms with E-state index < -0.39 is 4.92 Å². The second kappa shape index (κ2) is 7.92. The predicted molar refractivity (Wildman–Crippen MR) is 87.7 cm³/mol. The van der Waals surface area contributed by atoms with E-state index in [0.29, 0.717) is 18.7 Å². The van der Waals surface area contributed by atoms with Crippen molar-refractivity contribution in [3.8, 4) is 0 Å². The van der Waals surface area contributed by atoms with Gasteiger partial charge in [0.2, 0.25) is 0 Å². The summed E-state index contributed by atoms with van der Waals surface area (Å²) in [7, 11) is 0. The molecule has 1 heterocycles. The van der Waals surface area contributed by atoms with Gasteiger partial charge < -0.3 is 15.3 Å². The molecule has 2 rings (SSSR count). The SMILES string of the molecule is CC(CCO)CNC(=O)c1ccc(N2CCCC2)c([N+](=O)[O-])c1. The third-order valence-electron chi connectivity index (χ3n) is 4.11. The van der Waals surface area contributed by atoms with Gasteiger partial charge in [-0.3, -0.25) is 14.9 Å². The Morgan fingerprint density at radius 2 is 2.13 bits per heavy atom. The number of nitro groups is 1. The highest BCUT2D eigenvalue weighted by molar-refractivity contribution is 5.95. The zero-order valence-electron chi connectivity index (χ0n) is 13.3. The van der Waals surface area contributed by atoms with Crippen molar-refractivity contribution in [3.63, 3.8) is 0 Å². The van der Waals surface area contributed by atoms with Crippen molar-refractivity contribution in [2.45, 2.75) is 26.2 Å².